The number of hydrogen-bond donors (Lipinski definition) is 1. The molecule has 1 saturated carbocycles. The van der Waals surface area contributed by atoms with E-state index in [4.69, 9.17) is 16.7 Å². The molecule has 1 fully saturated rings. The maximum absolute atomic E-state index is 10.9. The highest BCUT2D eigenvalue weighted by atomic mass is 35.5. The van der Waals surface area contributed by atoms with Crippen LogP contribution in [0.15, 0.2) is 11.1 Å². The van der Waals surface area contributed by atoms with Crippen molar-refractivity contribution in [2.24, 2.45) is 22.7 Å². The van der Waals surface area contributed by atoms with E-state index in [-0.39, 0.29) is 22.7 Å². The third-order valence-electron chi connectivity index (χ3n) is 3.22. The fourth-order valence-corrected chi connectivity index (χ4v) is 2.00. The summed E-state index contributed by atoms with van der Waals surface area (Å²) in [7, 11) is 0. The van der Waals surface area contributed by atoms with Crippen molar-refractivity contribution in [1.82, 2.24) is 0 Å². The van der Waals surface area contributed by atoms with Gasteiger partial charge in [-0.05, 0) is 16.7 Å². The summed E-state index contributed by atoms with van der Waals surface area (Å²) in [5.74, 6) is -0.935. The molecule has 86 valence electrons. The second kappa shape index (κ2) is 3.51. The smallest absolute Gasteiger partial charge is 0.307 e. The standard InChI is InChI=1S/C12H19ClO2/c1-11(2,3)8(13)6-7-9(10(14)15)12(7,4)5/h6-7,9H,1-5H3,(H,14,15)/b8-6-/t7-,9+/m0/s1. The zero-order valence-corrected chi connectivity index (χ0v) is 10.7. The molecular formula is C12H19ClO2. The lowest BCUT2D eigenvalue weighted by molar-refractivity contribution is -0.139. The van der Waals surface area contributed by atoms with Crippen LogP contribution in [0.3, 0.4) is 0 Å². The van der Waals surface area contributed by atoms with Crippen LogP contribution < -0.4 is 0 Å². The van der Waals surface area contributed by atoms with Crippen molar-refractivity contribution in [3.63, 3.8) is 0 Å². The van der Waals surface area contributed by atoms with Crippen LogP contribution in [0.4, 0.5) is 0 Å². The fourth-order valence-electron chi connectivity index (χ4n) is 1.87. The molecule has 0 unspecified atom stereocenters. The van der Waals surface area contributed by atoms with Crippen LogP contribution in [0.25, 0.3) is 0 Å². The molecule has 0 saturated heterocycles. The largest absolute Gasteiger partial charge is 0.481 e. The normalized spacial score (nSPS) is 30.1. The van der Waals surface area contributed by atoms with Crippen molar-refractivity contribution in [2.45, 2.75) is 34.6 Å². The fraction of sp³-hybridized carbons (Fsp3) is 0.750. The molecule has 0 bridgehead atoms. The summed E-state index contributed by atoms with van der Waals surface area (Å²) >= 11 is 6.16. The molecule has 0 radical (unpaired) electrons. The van der Waals surface area contributed by atoms with Crippen molar-refractivity contribution in [3.8, 4) is 0 Å². The van der Waals surface area contributed by atoms with Crippen LogP contribution in [0.2, 0.25) is 0 Å². The predicted molar refractivity (Wildman–Crippen MR) is 61.8 cm³/mol. The number of rotatable bonds is 2. The number of carboxylic acid groups (broad SMARTS) is 1. The lowest BCUT2D eigenvalue weighted by atomic mass is 9.94. The Kier molecular flexibility index (Phi) is 2.94. The molecule has 0 amide bonds. The molecule has 1 aliphatic carbocycles. The lowest BCUT2D eigenvalue weighted by Gasteiger charge is -2.17. The molecule has 1 aliphatic rings. The maximum atomic E-state index is 10.9. The summed E-state index contributed by atoms with van der Waals surface area (Å²) in [6.07, 6.45) is 1.92. The minimum Gasteiger partial charge on any atom is -0.481 e. The first-order valence-electron chi connectivity index (χ1n) is 5.19. The Bertz CT molecular complexity index is 310. The molecule has 1 rings (SSSR count). The van der Waals surface area contributed by atoms with Crippen LogP contribution in [0.1, 0.15) is 34.6 Å². The minimum atomic E-state index is -0.723. The Hall–Kier alpha value is -0.500. The molecule has 0 aromatic rings. The van der Waals surface area contributed by atoms with Gasteiger partial charge >= 0.3 is 5.97 Å². The van der Waals surface area contributed by atoms with Crippen molar-refractivity contribution < 1.29 is 9.90 Å². The number of carbonyl (C=O) groups is 1. The molecule has 3 heteroatoms. The third kappa shape index (κ3) is 2.36. The van der Waals surface area contributed by atoms with Gasteiger partial charge in [-0.15, -0.1) is 0 Å². The first-order valence-corrected chi connectivity index (χ1v) is 5.57. The molecule has 2 nitrogen and oxygen atoms in total. The van der Waals surface area contributed by atoms with E-state index in [1.54, 1.807) is 0 Å². The highest BCUT2D eigenvalue weighted by Gasteiger charge is 2.61. The van der Waals surface area contributed by atoms with Gasteiger partial charge < -0.3 is 5.11 Å². The van der Waals surface area contributed by atoms with E-state index in [1.807, 2.05) is 40.7 Å². The van der Waals surface area contributed by atoms with Gasteiger partial charge in [0.1, 0.15) is 0 Å². The zero-order valence-electron chi connectivity index (χ0n) is 9.97. The average Bonchev–Trinajstić information content (AvgIpc) is 2.50. The van der Waals surface area contributed by atoms with Gasteiger partial charge in [0.05, 0.1) is 5.92 Å². The Balaban J connectivity index is 2.83. The summed E-state index contributed by atoms with van der Waals surface area (Å²) in [5.41, 5.74) is -0.250. The Morgan fingerprint density at radius 1 is 1.40 bits per heavy atom. The molecule has 0 aromatic heterocycles. The van der Waals surface area contributed by atoms with Crippen molar-refractivity contribution >= 4 is 17.6 Å². The number of aliphatic carboxylic acids is 1. The van der Waals surface area contributed by atoms with E-state index < -0.39 is 5.97 Å². The summed E-state index contributed by atoms with van der Waals surface area (Å²) in [5, 5.41) is 9.76. The molecule has 15 heavy (non-hydrogen) atoms. The highest BCUT2D eigenvalue weighted by molar-refractivity contribution is 6.30. The van der Waals surface area contributed by atoms with E-state index in [9.17, 15) is 4.79 Å². The second-order valence-electron chi connectivity index (χ2n) is 5.93. The maximum Gasteiger partial charge on any atom is 0.307 e. The van der Waals surface area contributed by atoms with Crippen molar-refractivity contribution in [1.29, 1.82) is 0 Å². The SMILES string of the molecule is CC(C)(C)/C(Cl)=C/[C@H]1[C@H](C(=O)O)C1(C)C. The minimum absolute atomic E-state index is 0.0710. The van der Waals surface area contributed by atoms with Gasteiger partial charge in [0.15, 0.2) is 0 Å². The Labute approximate surface area is 96.3 Å². The number of halogens is 1. The van der Waals surface area contributed by atoms with Crippen LogP contribution in [0.5, 0.6) is 0 Å². The van der Waals surface area contributed by atoms with Gasteiger partial charge in [-0.25, -0.2) is 0 Å². The molecule has 0 aromatic carbocycles. The first kappa shape index (κ1) is 12.6. The molecule has 1 N–H and O–H groups in total. The monoisotopic (exact) mass is 230 g/mol. The molecular weight excluding hydrogens is 212 g/mol. The van der Waals surface area contributed by atoms with Gasteiger partial charge in [-0.1, -0.05) is 52.3 Å². The van der Waals surface area contributed by atoms with Crippen LogP contribution >= 0.6 is 11.6 Å². The van der Waals surface area contributed by atoms with Crippen molar-refractivity contribution in [2.75, 3.05) is 0 Å². The average molecular weight is 231 g/mol. The quantitative estimate of drug-likeness (QED) is 0.788. The van der Waals surface area contributed by atoms with Crippen LogP contribution in [-0.2, 0) is 4.79 Å². The second-order valence-corrected chi connectivity index (χ2v) is 6.33. The molecule has 0 spiro atoms. The van der Waals surface area contributed by atoms with E-state index in [1.165, 1.54) is 0 Å². The summed E-state index contributed by atoms with van der Waals surface area (Å²) in [4.78, 5) is 10.9. The molecule has 2 atom stereocenters. The van der Waals surface area contributed by atoms with E-state index in [0.717, 1.165) is 5.03 Å². The van der Waals surface area contributed by atoms with Gasteiger partial charge in [0.25, 0.3) is 0 Å². The summed E-state index contributed by atoms with van der Waals surface area (Å²) < 4.78 is 0. The third-order valence-corrected chi connectivity index (χ3v) is 3.91. The lowest BCUT2D eigenvalue weighted by Crippen LogP contribution is -2.05. The molecule has 0 heterocycles. The summed E-state index contributed by atoms with van der Waals surface area (Å²) in [6.45, 7) is 10.0. The number of hydrogen-bond acceptors (Lipinski definition) is 1. The zero-order chi connectivity index (χ0) is 12.0. The van der Waals surface area contributed by atoms with Crippen LogP contribution in [0, 0.1) is 22.7 Å². The predicted octanol–water partition coefficient (Wildman–Crippen LogP) is 3.51. The topological polar surface area (TPSA) is 37.3 Å². The van der Waals surface area contributed by atoms with E-state index in [2.05, 4.69) is 0 Å². The van der Waals surface area contributed by atoms with E-state index >= 15 is 0 Å². The number of allylic oxidation sites excluding steroid dienone is 2. The van der Waals surface area contributed by atoms with Crippen LogP contribution in [-0.4, -0.2) is 11.1 Å². The number of carboxylic acids is 1. The van der Waals surface area contributed by atoms with Gasteiger partial charge in [0.2, 0.25) is 0 Å². The highest BCUT2D eigenvalue weighted by Crippen LogP contribution is 2.60. The molecule has 0 aliphatic heterocycles. The first-order chi connectivity index (χ1) is 6.58. The Morgan fingerprint density at radius 2 is 1.87 bits per heavy atom. The Morgan fingerprint density at radius 3 is 2.13 bits per heavy atom. The van der Waals surface area contributed by atoms with Gasteiger partial charge in [-0.3, -0.25) is 4.79 Å². The van der Waals surface area contributed by atoms with Gasteiger partial charge in [-0.2, -0.15) is 0 Å². The van der Waals surface area contributed by atoms with Gasteiger partial charge in [0, 0.05) is 5.03 Å². The summed E-state index contributed by atoms with van der Waals surface area (Å²) in [6, 6.07) is 0. The van der Waals surface area contributed by atoms with E-state index in [0.29, 0.717) is 0 Å². The van der Waals surface area contributed by atoms with Crippen molar-refractivity contribution in [3.05, 3.63) is 11.1 Å².